The van der Waals surface area contributed by atoms with E-state index < -0.39 is 11.8 Å². The second-order valence-corrected chi connectivity index (χ2v) is 3.00. The molecule has 1 aromatic carbocycles. The first-order chi connectivity index (χ1) is 7.00. The first-order valence-corrected chi connectivity index (χ1v) is 4.23. The lowest BCUT2D eigenvalue weighted by Gasteiger charge is -2.04. The van der Waals surface area contributed by atoms with Gasteiger partial charge in [-0.3, -0.25) is 4.79 Å². The van der Waals surface area contributed by atoms with Gasteiger partial charge in [0.05, 0.1) is 17.8 Å². The van der Waals surface area contributed by atoms with Crippen molar-refractivity contribution in [2.75, 3.05) is 11.5 Å². The predicted molar refractivity (Wildman–Crippen MR) is 56.5 cm³/mol. The molecule has 0 spiro atoms. The van der Waals surface area contributed by atoms with Crippen LogP contribution in [0.4, 0.5) is 15.8 Å². The monoisotopic (exact) mass is 210 g/mol. The Balaban J connectivity index is 2.94. The van der Waals surface area contributed by atoms with Crippen LogP contribution in [0.2, 0.25) is 0 Å². The molecule has 0 atom stereocenters. The molecule has 5 N–H and O–H groups in total. The first-order valence-electron chi connectivity index (χ1n) is 4.23. The molecule has 0 aromatic heterocycles. The molecule has 15 heavy (non-hydrogen) atoms. The molecule has 5 heteroatoms. The molecular formula is C10H11FN2O2. The third-order valence-electron chi connectivity index (χ3n) is 1.80. The van der Waals surface area contributed by atoms with E-state index in [1.165, 1.54) is 18.2 Å². The van der Waals surface area contributed by atoms with Crippen LogP contribution in [-0.2, 0) is 4.79 Å². The SMILES string of the molecule is Nc1cc(F)cc(C=CCC(=O)O)c1N. The predicted octanol–water partition coefficient (Wildman–Crippen LogP) is 1.48. The van der Waals surface area contributed by atoms with Crippen LogP contribution in [0.25, 0.3) is 6.08 Å². The van der Waals surface area contributed by atoms with E-state index in [0.29, 0.717) is 5.56 Å². The number of nitrogen functional groups attached to an aromatic ring is 2. The molecule has 80 valence electrons. The van der Waals surface area contributed by atoms with Crippen molar-refractivity contribution in [3.8, 4) is 0 Å². The normalized spacial score (nSPS) is 10.7. The minimum Gasteiger partial charge on any atom is -0.481 e. The van der Waals surface area contributed by atoms with Crippen molar-refractivity contribution in [2.45, 2.75) is 6.42 Å². The first kappa shape index (κ1) is 11.0. The number of halogens is 1. The van der Waals surface area contributed by atoms with Gasteiger partial charge < -0.3 is 16.6 Å². The van der Waals surface area contributed by atoms with Crippen LogP contribution in [0.5, 0.6) is 0 Å². The molecule has 1 aromatic rings. The van der Waals surface area contributed by atoms with Crippen molar-refractivity contribution in [2.24, 2.45) is 0 Å². The Morgan fingerprint density at radius 1 is 1.47 bits per heavy atom. The van der Waals surface area contributed by atoms with E-state index in [9.17, 15) is 9.18 Å². The zero-order valence-corrected chi connectivity index (χ0v) is 7.90. The minimum atomic E-state index is -0.964. The molecule has 0 aliphatic heterocycles. The van der Waals surface area contributed by atoms with Gasteiger partial charge in [0.25, 0.3) is 0 Å². The Morgan fingerprint density at radius 2 is 2.13 bits per heavy atom. The van der Waals surface area contributed by atoms with Crippen LogP contribution >= 0.6 is 0 Å². The van der Waals surface area contributed by atoms with E-state index in [-0.39, 0.29) is 17.8 Å². The van der Waals surface area contributed by atoms with Gasteiger partial charge in [0.1, 0.15) is 5.82 Å². The third-order valence-corrected chi connectivity index (χ3v) is 1.80. The van der Waals surface area contributed by atoms with Gasteiger partial charge in [0, 0.05) is 5.56 Å². The molecule has 1 rings (SSSR count). The largest absolute Gasteiger partial charge is 0.481 e. The van der Waals surface area contributed by atoms with Crippen molar-refractivity contribution >= 4 is 23.4 Å². The Hall–Kier alpha value is -2.04. The summed E-state index contributed by atoms with van der Waals surface area (Å²) >= 11 is 0. The topological polar surface area (TPSA) is 89.3 Å². The summed E-state index contributed by atoms with van der Waals surface area (Å²) in [6.45, 7) is 0. The number of anilines is 2. The summed E-state index contributed by atoms with van der Waals surface area (Å²) in [7, 11) is 0. The standard InChI is InChI=1S/C10H11FN2O2/c11-7-4-6(2-1-3-9(14)15)10(13)8(12)5-7/h1-2,4-5H,3,12-13H2,(H,14,15). The van der Waals surface area contributed by atoms with E-state index in [0.717, 1.165) is 6.07 Å². The number of hydrogen-bond acceptors (Lipinski definition) is 3. The van der Waals surface area contributed by atoms with Crippen molar-refractivity contribution in [3.05, 3.63) is 29.6 Å². The van der Waals surface area contributed by atoms with Crippen molar-refractivity contribution in [1.82, 2.24) is 0 Å². The summed E-state index contributed by atoms with van der Waals surface area (Å²) in [4.78, 5) is 10.2. The number of rotatable bonds is 3. The molecule has 0 heterocycles. The van der Waals surface area contributed by atoms with E-state index in [1.807, 2.05) is 0 Å². The maximum absolute atomic E-state index is 12.9. The highest BCUT2D eigenvalue weighted by molar-refractivity contribution is 5.77. The van der Waals surface area contributed by atoms with Gasteiger partial charge in [0.15, 0.2) is 0 Å². The number of benzene rings is 1. The van der Waals surface area contributed by atoms with Gasteiger partial charge in [-0.2, -0.15) is 0 Å². The fourth-order valence-electron chi connectivity index (χ4n) is 1.09. The highest BCUT2D eigenvalue weighted by Gasteiger charge is 2.03. The second-order valence-electron chi connectivity index (χ2n) is 3.00. The number of carboxylic acid groups (broad SMARTS) is 1. The van der Waals surface area contributed by atoms with E-state index in [4.69, 9.17) is 16.6 Å². The second kappa shape index (κ2) is 4.45. The van der Waals surface area contributed by atoms with Crippen molar-refractivity contribution < 1.29 is 14.3 Å². The lowest BCUT2D eigenvalue weighted by atomic mass is 10.1. The summed E-state index contributed by atoms with van der Waals surface area (Å²) < 4.78 is 12.9. The smallest absolute Gasteiger partial charge is 0.307 e. The summed E-state index contributed by atoms with van der Waals surface area (Å²) in [5.74, 6) is -1.47. The van der Waals surface area contributed by atoms with Crippen LogP contribution in [0, 0.1) is 5.82 Å². The average Bonchev–Trinajstić information content (AvgIpc) is 2.12. The molecule has 0 bridgehead atoms. The summed E-state index contributed by atoms with van der Waals surface area (Å²) in [5.41, 5.74) is 11.8. The number of hydrogen-bond donors (Lipinski definition) is 3. The molecule has 0 saturated heterocycles. The van der Waals surface area contributed by atoms with E-state index >= 15 is 0 Å². The highest BCUT2D eigenvalue weighted by atomic mass is 19.1. The Kier molecular flexibility index (Phi) is 3.28. The number of nitrogens with two attached hydrogens (primary N) is 2. The molecule has 0 saturated carbocycles. The van der Waals surface area contributed by atoms with Crippen LogP contribution < -0.4 is 11.5 Å². The van der Waals surface area contributed by atoms with Gasteiger partial charge in [0.2, 0.25) is 0 Å². The Labute approximate surface area is 86.0 Å². The molecule has 0 fully saturated rings. The van der Waals surface area contributed by atoms with Gasteiger partial charge >= 0.3 is 5.97 Å². The quantitative estimate of drug-likeness (QED) is 0.659. The number of aliphatic carboxylic acids is 1. The third kappa shape index (κ3) is 2.98. The fraction of sp³-hybridized carbons (Fsp3) is 0.100. The van der Waals surface area contributed by atoms with Crippen LogP contribution in [0.3, 0.4) is 0 Å². The minimum absolute atomic E-state index is 0.143. The Morgan fingerprint density at radius 3 is 2.73 bits per heavy atom. The van der Waals surface area contributed by atoms with E-state index in [2.05, 4.69) is 0 Å². The lowest BCUT2D eigenvalue weighted by molar-refractivity contribution is -0.135. The van der Waals surface area contributed by atoms with Crippen LogP contribution in [0.15, 0.2) is 18.2 Å². The Bertz CT molecular complexity index is 416. The fourth-order valence-corrected chi connectivity index (χ4v) is 1.09. The van der Waals surface area contributed by atoms with E-state index in [1.54, 1.807) is 0 Å². The zero-order chi connectivity index (χ0) is 11.4. The number of carbonyl (C=O) groups is 1. The maximum atomic E-state index is 12.9. The van der Waals surface area contributed by atoms with Gasteiger partial charge in [-0.25, -0.2) is 4.39 Å². The van der Waals surface area contributed by atoms with Gasteiger partial charge in [-0.1, -0.05) is 12.2 Å². The summed E-state index contributed by atoms with van der Waals surface area (Å²) in [6.07, 6.45) is 2.67. The van der Waals surface area contributed by atoms with Gasteiger partial charge in [-0.05, 0) is 12.1 Å². The lowest BCUT2D eigenvalue weighted by Crippen LogP contribution is -1.98. The average molecular weight is 210 g/mol. The number of carboxylic acids is 1. The van der Waals surface area contributed by atoms with Crippen LogP contribution in [-0.4, -0.2) is 11.1 Å². The van der Waals surface area contributed by atoms with Gasteiger partial charge in [-0.15, -0.1) is 0 Å². The zero-order valence-electron chi connectivity index (χ0n) is 7.90. The van der Waals surface area contributed by atoms with Crippen molar-refractivity contribution in [3.63, 3.8) is 0 Å². The molecule has 4 nitrogen and oxygen atoms in total. The molecule has 0 amide bonds. The summed E-state index contributed by atoms with van der Waals surface area (Å²) in [6, 6.07) is 2.31. The molecule has 0 aliphatic rings. The van der Waals surface area contributed by atoms with Crippen LogP contribution in [0.1, 0.15) is 12.0 Å². The molecule has 0 unspecified atom stereocenters. The molecular weight excluding hydrogens is 199 g/mol. The molecule has 0 aliphatic carbocycles. The highest BCUT2D eigenvalue weighted by Crippen LogP contribution is 2.22. The summed E-state index contributed by atoms with van der Waals surface area (Å²) in [5, 5.41) is 8.39. The molecule has 0 radical (unpaired) electrons. The van der Waals surface area contributed by atoms with Crippen molar-refractivity contribution in [1.29, 1.82) is 0 Å². The maximum Gasteiger partial charge on any atom is 0.307 e.